The van der Waals surface area contributed by atoms with Gasteiger partial charge in [0.1, 0.15) is 0 Å². The first-order valence-corrected chi connectivity index (χ1v) is 14.5. The van der Waals surface area contributed by atoms with Gasteiger partial charge in [0, 0.05) is 39.8 Å². The average Bonchev–Trinajstić information content (AvgIpc) is 3.50. The molecule has 9 rings (SSSR count). The Balaban J connectivity index is 1.18. The van der Waals surface area contributed by atoms with Crippen LogP contribution in [0, 0.1) is 0 Å². The van der Waals surface area contributed by atoms with Crippen LogP contribution in [0.2, 0.25) is 0 Å². The smallest absolute Gasteiger partial charge is 0.0885 e. The van der Waals surface area contributed by atoms with Crippen molar-refractivity contribution in [3.8, 4) is 28.1 Å². The lowest BCUT2D eigenvalue weighted by Gasteiger charge is -2.23. The van der Waals surface area contributed by atoms with Gasteiger partial charge in [-0.05, 0) is 92.3 Å². The number of aromatic nitrogens is 3. The van der Waals surface area contributed by atoms with Crippen LogP contribution in [0.15, 0.2) is 128 Å². The summed E-state index contributed by atoms with van der Waals surface area (Å²) in [7, 11) is 0. The molecule has 0 N–H and O–H groups in total. The van der Waals surface area contributed by atoms with Crippen molar-refractivity contribution in [2.24, 2.45) is 0 Å². The molecule has 0 saturated heterocycles. The van der Waals surface area contributed by atoms with Crippen molar-refractivity contribution in [3.05, 3.63) is 139 Å². The second kappa shape index (κ2) is 8.37. The van der Waals surface area contributed by atoms with Gasteiger partial charge >= 0.3 is 0 Å². The molecule has 3 heteroatoms. The zero-order valence-electron chi connectivity index (χ0n) is 23.5. The van der Waals surface area contributed by atoms with Crippen LogP contribution in [0.3, 0.4) is 0 Å². The molecule has 0 fully saturated rings. The number of nitrogens with zero attached hydrogens (tertiary/aromatic N) is 3. The fraction of sp³-hybridized carbons (Fsp3) is 0.0769. The van der Waals surface area contributed by atoms with E-state index < -0.39 is 0 Å². The topological polar surface area (TPSA) is 30.7 Å². The molecule has 8 aromatic rings. The molecule has 42 heavy (non-hydrogen) atoms. The van der Waals surface area contributed by atoms with Crippen molar-refractivity contribution in [1.29, 1.82) is 0 Å². The molecule has 0 atom stereocenters. The molecule has 0 amide bonds. The maximum Gasteiger partial charge on any atom is 0.0885 e. The third-order valence-corrected chi connectivity index (χ3v) is 9.27. The van der Waals surface area contributed by atoms with Gasteiger partial charge in [0.15, 0.2) is 0 Å². The predicted molar refractivity (Wildman–Crippen MR) is 174 cm³/mol. The second-order valence-electron chi connectivity index (χ2n) is 11.9. The van der Waals surface area contributed by atoms with Crippen LogP contribution in [0.25, 0.3) is 71.4 Å². The Bertz CT molecular complexity index is 2310. The first kappa shape index (κ1) is 23.4. The second-order valence-corrected chi connectivity index (χ2v) is 11.9. The first-order valence-electron chi connectivity index (χ1n) is 14.5. The number of benzene rings is 6. The molecule has 0 unspecified atom stereocenters. The highest BCUT2D eigenvalue weighted by Crippen LogP contribution is 2.51. The molecule has 1 aliphatic carbocycles. The van der Waals surface area contributed by atoms with Gasteiger partial charge in [-0.15, -0.1) is 0 Å². The van der Waals surface area contributed by atoms with Gasteiger partial charge < -0.3 is 4.57 Å². The van der Waals surface area contributed by atoms with Gasteiger partial charge in [-0.2, -0.15) is 0 Å². The summed E-state index contributed by atoms with van der Waals surface area (Å²) in [5.41, 5.74) is 10.8. The van der Waals surface area contributed by atoms with E-state index in [4.69, 9.17) is 0 Å². The van der Waals surface area contributed by atoms with E-state index in [9.17, 15) is 0 Å². The van der Waals surface area contributed by atoms with Gasteiger partial charge in [0.05, 0.1) is 22.9 Å². The van der Waals surface area contributed by atoms with Gasteiger partial charge in [0.25, 0.3) is 0 Å². The highest BCUT2D eigenvalue weighted by molar-refractivity contribution is 6.16. The largest absolute Gasteiger partial charge is 0.309 e. The zero-order valence-corrected chi connectivity index (χ0v) is 23.5. The Morgan fingerprint density at radius 2 is 1.17 bits per heavy atom. The summed E-state index contributed by atoms with van der Waals surface area (Å²) in [6, 6.07) is 40.3. The highest BCUT2D eigenvalue weighted by Gasteiger charge is 2.35. The number of rotatable bonds is 3. The molecule has 2 heterocycles. The van der Waals surface area contributed by atoms with Crippen LogP contribution >= 0.6 is 0 Å². The fourth-order valence-electron chi connectivity index (χ4n) is 7.23. The standard InChI is InChI=1S/C39H27N3/c1-39(2)32-21-27(19-25-11-12-26-20-28(34-23-40-17-18-41-34)22-33(39)38(26)37(25)32)24-13-15-29(16-14-24)42-35-9-5-3-7-30(35)31-8-4-6-10-36(31)42/h3-23H,1-2H3. The number of fused-ring (bicyclic) bond motifs is 3. The maximum absolute atomic E-state index is 4.59. The molecule has 3 nitrogen and oxygen atoms in total. The molecule has 198 valence electrons. The molecular formula is C39H27N3. The maximum atomic E-state index is 4.59. The Labute approximate surface area is 243 Å². The Hall–Kier alpha value is -5.28. The lowest BCUT2D eigenvalue weighted by Crippen LogP contribution is -2.15. The molecule has 0 bridgehead atoms. The Morgan fingerprint density at radius 3 is 1.79 bits per heavy atom. The van der Waals surface area contributed by atoms with E-state index in [2.05, 4.69) is 138 Å². The minimum Gasteiger partial charge on any atom is -0.309 e. The molecule has 6 aromatic carbocycles. The lowest BCUT2D eigenvalue weighted by molar-refractivity contribution is 0.663. The molecule has 0 saturated carbocycles. The van der Waals surface area contributed by atoms with Crippen molar-refractivity contribution in [2.45, 2.75) is 19.3 Å². The zero-order chi connectivity index (χ0) is 28.0. The summed E-state index contributed by atoms with van der Waals surface area (Å²) in [4.78, 5) is 8.90. The average molecular weight is 538 g/mol. The van der Waals surface area contributed by atoms with Crippen molar-refractivity contribution in [3.63, 3.8) is 0 Å². The van der Waals surface area contributed by atoms with Crippen LogP contribution in [0.5, 0.6) is 0 Å². The van der Waals surface area contributed by atoms with Gasteiger partial charge in [0.2, 0.25) is 0 Å². The Morgan fingerprint density at radius 1 is 0.571 bits per heavy atom. The van der Waals surface area contributed by atoms with Crippen LogP contribution in [-0.4, -0.2) is 14.5 Å². The number of hydrogen-bond acceptors (Lipinski definition) is 2. The first-order chi connectivity index (χ1) is 20.6. The highest BCUT2D eigenvalue weighted by atomic mass is 15.0. The molecule has 1 aliphatic rings. The van der Waals surface area contributed by atoms with Crippen molar-refractivity contribution in [1.82, 2.24) is 14.5 Å². The van der Waals surface area contributed by atoms with E-state index in [0.717, 1.165) is 11.3 Å². The summed E-state index contributed by atoms with van der Waals surface area (Å²) in [6.07, 6.45) is 5.34. The van der Waals surface area contributed by atoms with Crippen molar-refractivity contribution >= 4 is 43.4 Å². The molecule has 0 spiro atoms. The summed E-state index contributed by atoms with van der Waals surface area (Å²) in [5.74, 6) is 0. The van der Waals surface area contributed by atoms with Crippen LogP contribution < -0.4 is 0 Å². The summed E-state index contributed by atoms with van der Waals surface area (Å²) < 4.78 is 2.37. The monoisotopic (exact) mass is 537 g/mol. The Kier molecular flexibility index (Phi) is 4.67. The van der Waals surface area contributed by atoms with Crippen LogP contribution in [0.1, 0.15) is 25.0 Å². The van der Waals surface area contributed by atoms with E-state index in [1.54, 1.807) is 12.4 Å². The summed E-state index contributed by atoms with van der Waals surface area (Å²) >= 11 is 0. The molecular weight excluding hydrogens is 510 g/mol. The van der Waals surface area contributed by atoms with Crippen LogP contribution in [-0.2, 0) is 5.41 Å². The van der Waals surface area contributed by atoms with Gasteiger partial charge in [-0.1, -0.05) is 74.5 Å². The number of hydrogen-bond donors (Lipinski definition) is 0. The normalized spacial score (nSPS) is 13.7. The molecule has 0 radical (unpaired) electrons. The summed E-state index contributed by atoms with van der Waals surface area (Å²) in [5, 5.41) is 7.86. The van der Waals surface area contributed by atoms with E-state index in [0.29, 0.717) is 0 Å². The van der Waals surface area contributed by atoms with E-state index >= 15 is 0 Å². The minimum absolute atomic E-state index is 0.128. The summed E-state index contributed by atoms with van der Waals surface area (Å²) in [6.45, 7) is 4.71. The number of para-hydroxylation sites is 2. The SMILES string of the molecule is CC1(C)c2cc(-c3ccc(-n4c5ccccc5c5ccccc54)cc3)cc3ccc4cc(-c5cnccn5)cc1c4c23. The molecule has 0 aliphatic heterocycles. The van der Waals surface area contributed by atoms with Crippen molar-refractivity contribution < 1.29 is 0 Å². The van der Waals surface area contributed by atoms with E-state index in [-0.39, 0.29) is 5.41 Å². The third kappa shape index (κ3) is 3.16. The predicted octanol–water partition coefficient (Wildman–Crippen LogP) is 9.85. The lowest BCUT2D eigenvalue weighted by atomic mass is 9.80. The van der Waals surface area contributed by atoms with Gasteiger partial charge in [-0.25, -0.2) is 0 Å². The minimum atomic E-state index is -0.128. The van der Waals surface area contributed by atoms with Crippen molar-refractivity contribution in [2.75, 3.05) is 0 Å². The van der Waals surface area contributed by atoms with E-state index in [1.807, 2.05) is 6.20 Å². The van der Waals surface area contributed by atoms with E-state index in [1.165, 1.54) is 71.3 Å². The third-order valence-electron chi connectivity index (χ3n) is 9.27. The van der Waals surface area contributed by atoms with Gasteiger partial charge in [-0.3, -0.25) is 9.97 Å². The fourth-order valence-corrected chi connectivity index (χ4v) is 7.23. The van der Waals surface area contributed by atoms with Crippen LogP contribution in [0.4, 0.5) is 0 Å². The molecule has 2 aromatic heterocycles. The quantitative estimate of drug-likeness (QED) is 0.210.